The first-order valence-corrected chi connectivity index (χ1v) is 10.5. The fraction of sp³-hybridized carbons (Fsp3) is 0.435. The van der Waals surface area contributed by atoms with Crippen LogP contribution in [0.15, 0.2) is 30.5 Å². The minimum Gasteiger partial charge on any atom is -0.383 e. The van der Waals surface area contributed by atoms with Crippen LogP contribution in [0, 0.1) is 11.3 Å². The average molecular weight is 442 g/mol. The van der Waals surface area contributed by atoms with Gasteiger partial charge in [0.25, 0.3) is 0 Å². The highest BCUT2D eigenvalue weighted by Crippen LogP contribution is 2.39. The first-order valence-electron chi connectivity index (χ1n) is 10.5. The van der Waals surface area contributed by atoms with Crippen LogP contribution in [0.3, 0.4) is 0 Å². The summed E-state index contributed by atoms with van der Waals surface area (Å²) in [7, 11) is 1.76. The number of nitrogens with one attached hydrogen (secondary N) is 1. The van der Waals surface area contributed by atoms with Crippen LogP contribution in [-0.2, 0) is 13.2 Å². The van der Waals surface area contributed by atoms with Gasteiger partial charge in [0, 0.05) is 42.0 Å². The van der Waals surface area contributed by atoms with Gasteiger partial charge in [-0.25, -0.2) is 9.97 Å². The molecule has 1 N–H and O–H groups in total. The van der Waals surface area contributed by atoms with E-state index < -0.39 is 11.7 Å². The fourth-order valence-corrected chi connectivity index (χ4v) is 4.23. The Morgan fingerprint density at radius 1 is 1.12 bits per heavy atom. The lowest BCUT2D eigenvalue weighted by Gasteiger charge is -2.36. The van der Waals surface area contributed by atoms with Crippen LogP contribution in [0.4, 0.5) is 18.9 Å². The van der Waals surface area contributed by atoms with Crippen molar-refractivity contribution in [3.8, 4) is 17.3 Å². The number of alkyl halides is 3. The Bertz CT molecular complexity index is 1180. The van der Waals surface area contributed by atoms with Crippen LogP contribution in [0.5, 0.6) is 0 Å². The van der Waals surface area contributed by atoms with Gasteiger partial charge in [-0.3, -0.25) is 4.90 Å². The molecule has 1 fully saturated rings. The lowest BCUT2D eigenvalue weighted by Crippen LogP contribution is -2.47. The van der Waals surface area contributed by atoms with Gasteiger partial charge in [-0.05, 0) is 58.0 Å². The predicted octanol–water partition coefficient (Wildman–Crippen LogP) is 4.81. The van der Waals surface area contributed by atoms with E-state index in [1.807, 2.05) is 19.9 Å². The summed E-state index contributed by atoms with van der Waals surface area (Å²) in [5.41, 5.74) is 0.108. The minimum absolute atomic E-state index is 0.0346. The third-order valence-electron chi connectivity index (χ3n) is 6.10. The smallest absolute Gasteiger partial charge is 0.383 e. The first kappa shape index (κ1) is 22.1. The Balaban J connectivity index is 1.73. The van der Waals surface area contributed by atoms with Gasteiger partial charge in [0.2, 0.25) is 5.82 Å². The Morgan fingerprint density at radius 2 is 1.84 bits per heavy atom. The first-order chi connectivity index (χ1) is 15.1. The van der Waals surface area contributed by atoms with Crippen LogP contribution in [0.1, 0.15) is 38.1 Å². The second-order valence-electron chi connectivity index (χ2n) is 8.79. The zero-order valence-electron chi connectivity index (χ0n) is 18.3. The highest BCUT2D eigenvalue weighted by atomic mass is 19.4. The number of benzene rings is 1. The molecule has 3 heterocycles. The molecule has 4 rings (SSSR count). The Hall–Kier alpha value is -3.12. The molecule has 6 nitrogen and oxygen atoms in total. The summed E-state index contributed by atoms with van der Waals surface area (Å²) in [6, 6.07) is 7.78. The summed E-state index contributed by atoms with van der Waals surface area (Å²) >= 11 is 0. The monoisotopic (exact) mass is 442 g/mol. The molecule has 32 heavy (non-hydrogen) atoms. The van der Waals surface area contributed by atoms with Crippen molar-refractivity contribution in [1.29, 1.82) is 5.26 Å². The number of likely N-dealkylation sites (tertiary alicyclic amines) is 1. The third kappa shape index (κ3) is 4.15. The number of rotatable bonds is 5. The SMILES string of the molecule is Cn1ccc2c(-c3ccc(NCC(C)(C)N4CCCC4)c(C(F)(F)F)c3)nc(C#N)nc21. The van der Waals surface area contributed by atoms with Crippen LogP contribution < -0.4 is 5.32 Å². The van der Waals surface area contributed by atoms with Gasteiger partial charge >= 0.3 is 6.18 Å². The molecule has 168 valence electrons. The van der Waals surface area contributed by atoms with Crippen molar-refractivity contribution in [1.82, 2.24) is 19.4 Å². The van der Waals surface area contributed by atoms with E-state index in [-0.39, 0.29) is 22.6 Å². The summed E-state index contributed by atoms with van der Waals surface area (Å²) in [5.74, 6) is -0.0857. The molecule has 0 saturated carbocycles. The van der Waals surface area contributed by atoms with Crippen molar-refractivity contribution in [2.45, 2.75) is 38.4 Å². The summed E-state index contributed by atoms with van der Waals surface area (Å²) in [6.07, 6.45) is -0.574. The van der Waals surface area contributed by atoms with Crippen molar-refractivity contribution in [2.75, 3.05) is 25.0 Å². The standard InChI is InChI=1S/C23H25F3N6/c1-22(2,32-9-4-5-10-32)14-28-18-7-6-15(12-17(18)23(24,25)26)20-16-8-11-31(3)21(16)30-19(13-27)29-20/h6-8,11-12,28H,4-5,9-10,14H2,1-3H3. The lowest BCUT2D eigenvalue weighted by atomic mass is 10.0. The number of aryl methyl sites for hydroxylation is 1. The molecule has 9 heteroatoms. The number of aromatic nitrogens is 3. The summed E-state index contributed by atoms with van der Waals surface area (Å²) in [5, 5.41) is 12.9. The number of hydrogen-bond acceptors (Lipinski definition) is 5. The van der Waals surface area contributed by atoms with Crippen LogP contribution in [0.2, 0.25) is 0 Å². The van der Waals surface area contributed by atoms with Gasteiger partial charge in [0.1, 0.15) is 11.7 Å². The average Bonchev–Trinajstić information content (AvgIpc) is 3.42. The molecule has 1 saturated heterocycles. The Morgan fingerprint density at radius 3 is 2.50 bits per heavy atom. The van der Waals surface area contributed by atoms with E-state index in [0.29, 0.717) is 23.3 Å². The third-order valence-corrected chi connectivity index (χ3v) is 6.10. The highest BCUT2D eigenvalue weighted by Gasteiger charge is 2.35. The fourth-order valence-electron chi connectivity index (χ4n) is 4.23. The number of hydrogen-bond donors (Lipinski definition) is 1. The van der Waals surface area contributed by atoms with Gasteiger partial charge in [-0.2, -0.15) is 18.4 Å². The maximum Gasteiger partial charge on any atom is 0.418 e. The van der Waals surface area contributed by atoms with Gasteiger partial charge in [0.15, 0.2) is 0 Å². The van der Waals surface area contributed by atoms with Crippen molar-refractivity contribution in [2.24, 2.45) is 7.05 Å². The molecular formula is C23H25F3N6. The van der Waals surface area contributed by atoms with Crippen molar-refractivity contribution in [3.63, 3.8) is 0 Å². The predicted molar refractivity (Wildman–Crippen MR) is 117 cm³/mol. The van der Waals surface area contributed by atoms with Gasteiger partial charge in [0.05, 0.1) is 11.3 Å². The highest BCUT2D eigenvalue weighted by molar-refractivity contribution is 5.91. The largest absolute Gasteiger partial charge is 0.418 e. The Labute approximate surface area is 184 Å². The van der Waals surface area contributed by atoms with E-state index in [1.165, 1.54) is 6.07 Å². The molecule has 0 unspecified atom stereocenters. The molecule has 1 aromatic carbocycles. The molecule has 3 aromatic rings. The van der Waals surface area contributed by atoms with Gasteiger partial charge in [-0.1, -0.05) is 6.07 Å². The van der Waals surface area contributed by atoms with Gasteiger partial charge < -0.3 is 9.88 Å². The van der Waals surface area contributed by atoms with Crippen molar-refractivity contribution < 1.29 is 13.2 Å². The molecule has 1 aliphatic heterocycles. The number of anilines is 1. The van der Waals surface area contributed by atoms with Crippen molar-refractivity contribution >= 4 is 16.7 Å². The van der Waals surface area contributed by atoms with Crippen LogP contribution in [-0.4, -0.2) is 44.6 Å². The molecule has 2 aromatic heterocycles. The Kier molecular flexibility index (Phi) is 5.59. The van der Waals surface area contributed by atoms with Crippen molar-refractivity contribution in [3.05, 3.63) is 41.9 Å². The van der Waals surface area contributed by atoms with E-state index >= 15 is 0 Å². The maximum absolute atomic E-state index is 14.0. The second kappa shape index (κ2) is 8.10. The topological polar surface area (TPSA) is 69.8 Å². The molecule has 0 radical (unpaired) electrons. The van der Waals surface area contributed by atoms with Crippen LogP contribution >= 0.6 is 0 Å². The van der Waals surface area contributed by atoms with E-state index in [9.17, 15) is 18.4 Å². The summed E-state index contributed by atoms with van der Waals surface area (Å²) < 4.78 is 43.7. The van der Waals surface area contributed by atoms with Gasteiger partial charge in [-0.15, -0.1) is 0 Å². The molecule has 0 atom stereocenters. The molecular weight excluding hydrogens is 417 g/mol. The number of nitriles is 1. The molecule has 0 aliphatic carbocycles. The molecule has 0 amide bonds. The zero-order valence-corrected chi connectivity index (χ0v) is 18.3. The number of nitrogens with zero attached hydrogens (tertiary/aromatic N) is 5. The van der Waals surface area contributed by atoms with E-state index in [2.05, 4.69) is 20.2 Å². The molecule has 0 bridgehead atoms. The molecule has 1 aliphatic rings. The normalized spacial score (nSPS) is 15.3. The quantitative estimate of drug-likeness (QED) is 0.614. The number of fused-ring (bicyclic) bond motifs is 1. The van der Waals surface area contributed by atoms with E-state index in [0.717, 1.165) is 32.0 Å². The van der Waals surface area contributed by atoms with E-state index in [1.54, 1.807) is 29.9 Å². The van der Waals surface area contributed by atoms with Crippen LogP contribution in [0.25, 0.3) is 22.3 Å². The lowest BCUT2D eigenvalue weighted by molar-refractivity contribution is -0.136. The zero-order chi connectivity index (χ0) is 23.1. The van der Waals surface area contributed by atoms with E-state index in [4.69, 9.17) is 0 Å². The summed E-state index contributed by atoms with van der Waals surface area (Å²) in [6.45, 7) is 6.40. The molecule has 0 spiro atoms. The maximum atomic E-state index is 14.0. The second-order valence-corrected chi connectivity index (χ2v) is 8.79. The number of halogens is 3. The summed E-state index contributed by atoms with van der Waals surface area (Å²) in [4.78, 5) is 10.7. The minimum atomic E-state index is -4.54.